The van der Waals surface area contributed by atoms with Gasteiger partial charge in [0.1, 0.15) is 24.2 Å². The van der Waals surface area contributed by atoms with Crippen LogP contribution in [0.5, 0.6) is 5.75 Å². The Morgan fingerprint density at radius 3 is 2.67 bits per heavy atom. The Morgan fingerprint density at radius 1 is 1.33 bits per heavy atom. The molecule has 0 aliphatic heterocycles. The van der Waals surface area contributed by atoms with E-state index in [4.69, 9.17) is 20.9 Å². The van der Waals surface area contributed by atoms with Gasteiger partial charge in [0.25, 0.3) is 0 Å². The first kappa shape index (κ1) is 15.8. The highest BCUT2D eigenvalue weighted by Crippen LogP contribution is 2.15. The average molecular weight is 311 g/mol. The molecule has 1 aromatic heterocycles. The van der Waals surface area contributed by atoms with Crippen LogP contribution in [0.1, 0.15) is 17.0 Å². The van der Waals surface area contributed by atoms with Crippen LogP contribution in [0.15, 0.2) is 28.8 Å². The van der Waals surface area contributed by atoms with Gasteiger partial charge >= 0.3 is 0 Å². The monoisotopic (exact) mass is 310 g/mol. The number of nitrogens with one attached hydrogen (secondary N) is 1. The molecule has 1 atom stereocenters. The fraction of sp³-hybridized carbons (Fsp3) is 0.400. The lowest BCUT2D eigenvalue weighted by atomic mass is 10.2. The summed E-state index contributed by atoms with van der Waals surface area (Å²) in [4.78, 5) is 0. The molecule has 21 heavy (non-hydrogen) atoms. The zero-order valence-corrected chi connectivity index (χ0v) is 12.9. The zero-order chi connectivity index (χ0) is 15.2. The summed E-state index contributed by atoms with van der Waals surface area (Å²) < 4.78 is 10.6. The van der Waals surface area contributed by atoms with E-state index in [0.29, 0.717) is 23.9 Å². The van der Waals surface area contributed by atoms with E-state index in [2.05, 4.69) is 10.5 Å². The Morgan fingerprint density at radius 2 is 2.05 bits per heavy atom. The molecule has 0 radical (unpaired) electrons. The van der Waals surface area contributed by atoms with E-state index in [1.807, 2.05) is 13.8 Å². The van der Waals surface area contributed by atoms with Crippen LogP contribution in [0, 0.1) is 13.8 Å². The molecule has 1 unspecified atom stereocenters. The van der Waals surface area contributed by atoms with E-state index in [9.17, 15) is 5.11 Å². The van der Waals surface area contributed by atoms with Crippen molar-refractivity contribution in [2.24, 2.45) is 0 Å². The van der Waals surface area contributed by atoms with Crippen LogP contribution in [0.2, 0.25) is 5.02 Å². The van der Waals surface area contributed by atoms with Gasteiger partial charge in [-0.25, -0.2) is 0 Å². The predicted molar refractivity (Wildman–Crippen MR) is 80.6 cm³/mol. The molecule has 0 amide bonds. The van der Waals surface area contributed by atoms with E-state index < -0.39 is 6.10 Å². The molecule has 1 aromatic carbocycles. The average Bonchev–Trinajstić information content (AvgIpc) is 2.78. The van der Waals surface area contributed by atoms with Gasteiger partial charge in [0.15, 0.2) is 0 Å². The van der Waals surface area contributed by atoms with Crippen LogP contribution in [0.25, 0.3) is 0 Å². The summed E-state index contributed by atoms with van der Waals surface area (Å²) in [7, 11) is 0. The number of benzene rings is 1. The molecule has 6 heteroatoms. The fourth-order valence-electron chi connectivity index (χ4n) is 1.90. The Kier molecular flexibility index (Phi) is 5.61. The van der Waals surface area contributed by atoms with Gasteiger partial charge in [-0.05, 0) is 38.1 Å². The molecular formula is C15H19ClN2O3. The van der Waals surface area contributed by atoms with Gasteiger partial charge in [0.2, 0.25) is 0 Å². The maximum absolute atomic E-state index is 9.88. The van der Waals surface area contributed by atoms with Crippen molar-refractivity contribution in [3.05, 3.63) is 46.3 Å². The van der Waals surface area contributed by atoms with Gasteiger partial charge in [-0.2, -0.15) is 0 Å². The van der Waals surface area contributed by atoms with E-state index in [1.54, 1.807) is 24.3 Å². The lowest BCUT2D eigenvalue weighted by Gasteiger charge is -2.13. The van der Waals surface area contributed by atoms with Crippen LogP contribution >= 0.6 is 11.6 Å². The molecule has 0 saturated carbocycles. The number of aromatic nitrogens is 1. The number of nitrogens with zero attached hydrogens (tertiary/aromatic N) is 1. The predicted octanol–water partition coefficient (Wildman–Crippen LogP) is 2.47. The molecule has 0 aliphatic carbocycles. The molecule has 0 aliphatic rings. The van der Waals surface area contributed by atoms with Gasteiger partial charge in [0, 0.05) is 23.7 Å². The third-order valence-electron chi connectivity index (χ3n) is 3.12. The van der Waals surface area contributed by atoms with Gasteiger partial charge in [-0.1, -0.05) is 16.8 Å². The second-order valence-corrected chi connectivity index (χ2v) is 5.29. The number of hydrogen-bond acceptors (Lipinski definition) is 5. The minimum Gasteiger partial charge on any atom is -0.491 e. The number of aliphatic hydroxyl groups is 1. The van der Waals surface area contributed by atoms with Gasteiger partial charge in [-0.3, -0.25) is 0 Å². The van der Waals surface area contributed by atoms with Crippen molar-refractivity contribution in [2.45, 2.75) is 26.5 Å². The standard InChI is InChI=1S/C15H19ClN2O3/c1-10-15(11(2)21-18-10)8-17-7-13(19)9-20-14-5-3-12(16)4-6-14/h3-6,13,17,19H,7-9H2,1-2H3. The maximum atomic E-state index is 9.88. The molecule has 0 spiro atoms. The summed E-state index contributed by atoms with van der Waals surface area (Å²) in [5, 5.41) is 17.6. The molecule has 114 valence electrons. The highest BCUT2D eigenvalue weighted by Gasteiger charge is 2.10. The van der Waals surface area contributed by atoms with Crippen LogP contribution in [0.4, 0.5) is 0 Å². The molecule has 2 N–H and O–H groups in total. The zero-order valence-electron chi connectivity index (χ0n) is 12.1. The third kappa shape index (κ3) is 4.74. The summed E-state index contributed by atoms with van der Waals surface area (Å²) in [6.07, 6.45) is -0.596. The van der Waals surface area contributed by atoms with Crippen LogP contribution in [0.3, 0.4) is 0 Å². The molecule has 0 saturated heterocycles. The quantitative estimate of drug-likeness (QED) is 0.822. The number of ether oxygens (including phenoxy) is 1. The molecule has 5 nitrogen and oxygen atoms in total. The van der Waals surface area contributed by atoms with Crippen molar-refractivity contribution in [3.63, 3.8) is 0 Å². The third-order valence-corrected chi connectivity index (χ3v) is 3.37. The lowest BCUT2D eigenvalue weighted by molar-refractivity contribution is 0.106. The summed E-state index contributed by atoms with van der Waals surface area (Å²) in [5.41, 5.74) is 1.90. The first-order valence-corrected chi connectivity index (χ1v) is 7.13. The number of rotatable bonds is 7. The van der Waals surface area contributed by atoms with E-state index >= 15 is 0 Å². The minimum absolute atomic E-state index is 0.218. The summed E-state index contributed by atoms with van der Waals surface area (Å²) in [6, 6.07) is 7.04. The first-order valence-electron chi connectivity index (χ1n) is 6.75. The van der Waals surface area contributed by atoms with Crippen molar-refractivity contribution >= 4 is 11.6 Å². The van der Waals surface area contributed by atoms with Crippen molar-refractivity contribution in [1.29, 1.82) is 0 Å². The van der Waals surface area contributed by atoms with Crippen LogP contribution in [-0.4, -0.2) is 29.5 Å². The SMILES string of the molecule is Cc1noc(C)c1CNCC(O)COc1ccc(Cl)cc1. The van der Waals surface area contributed by atoms with Gasteiger partial charge in [-0.15, -0.1) is 0 Å². The number of aliphatic hydroxyl groups excluding tert-OH is 1. The highest BCUT2D eigenvalue weighted by atomic mass is 35.5. The topological polar surface area (TPSA) is 67.5 Å². The largest absolute Gasteiger partial charge is 0.491 e. The van der Waals surface area contributed by atoms with Crippen molar-refractivity contribution in [1.82, 2.24) is 10.5 Å². The Labute approximate surface area is 128 Å². The van der Waals surface area contributed by atoms with E-state index in [0.717, 1.165) is 17.0 Å². The van der Waals surface area contributed by atoms with Crippen LogP contribution in [-0.2, 0) is 6.54 Å². The number of halogens is 1. The molecule has 1 heterocycles. The lowest BCUT2D eigenvalue weighted by Crippen LogP contribution is -2.31. The smallest absolute Gasteiger partial charge is 0.138 e. The van der Waals surface area contributed by atoms with E-state index in [1.165, 1.54) is 0 Å². The molecular weight excluding hydrogens is 292 g/mol. The Hall–Kier alpha value is -1.56. The molecule has 0 fully saturated rings. The van der Waals surface area contributed by atoms with Crippen LogP contribution < -0.4 is 10.1 Å². The summed E-state index contributed by atoms with van der Waals surface area (Å²) in [5.74, 6) is 1.48. The minimum atomic E-state index is -0.596. The molecule has 2 aromatic rings. The van der Waals surface area contributed by atoms with Crippen molar-refractivity contribution in [3.8, 4) is 5.75 Å². The summed E-state index contributed by atoms with van der Waals surface area (Å²) >= 11 is 5.79. The Bertz CT molecular complexity index is 549. The normalized spacial score (nSPS) is 12.4. The van der Waals surface area contributed by atoms with Gasteiger partial charge < -0.3 is 19.7 Å². The Balaban J connectivity index is 1.70. The fourth-order valence-corrected chi connectivity index (χ4v) is 2.03. The second-order valence-electron chi connectivity index (χ2n) is 4.85. The maximum Gasteiger partial charge on any atom is 0.138 e. The van der Waals surface area contributed by atoms with E-state index in [-0.39, 0.29) is 6.61 Å². The molecule has 0 bridgehead atoms. The number of hydrogen-bond donors (Lipinski definition) is 2. The molecule has 2 rings (SSSR count). The van der Waals surface area contributed by atoms with Crippen molar-refractivity contribution < 1.29 is 14.4 Å². The van der Waals surface area contributed by atoms with Gasteiger partial charge in [0.05, 0.1) is 5.69 Å². The van der Waals surface area contributed by atoms with Crippen molar-refractivity contribution in [2.75, 3.05) is 13.2 Å². The number of aryl methyl sites for hydroxylation is 2. The highest BCUT2D eigenvalue weighted by molar-refractivity contribution is 6.30. The second kappa shape index (κ2) is 7.45. The summed E-state index contributed by atoms with van der Waals surface area (Å²) in [6.45, 7) is 5.03. The first-order chi connectivity index (χ1) is 10.1.